The van der Waals surface area contributed by atoms with Crippen LogP contribution in [-0.2, 0) is 4.74 Å². The summed E-state index contributed by atoms with van der Waals surface area (Å²) in [6.45, 7) is 2.03. The number of aromatic hydroxyl groups is 1. The Hall–Kier alpha value is -2.21. The van der Waals surface area contributed by atoms with Crippen LogP contribution >= 0.6 is 0 Å². The molecule has 0 aliphatic rings. The topological polar surface area (TPSA) is 97.6 Å². The molecule has 0 fully saturated rings. The van der Waals surface area contributed by atoms with Crippen LogP contribution in [0.2, 0.25) is 0 Å². The second-order valence-electron chi connectivity index (χ2n) is 3.43. The Morgan fingerprint density at radius 3 is 2.88 bits per heavy atom. The number of rotatable bonds is 3. The predicted molar refractivity (Wildman–Crippen MR) is 60.7 cm³/mol. The van der Waals surface area contributed by atoms with E-state index in [9.17, 15) is 9.90 Å². The molecule has 4 N–H and O–H groups in total. The number of fused-ring (bicyclic) bond motifs is 1. The number of hydrogen-bond donors (Lipinski definition) is 3. The minimum absolute atomic E-state index is 0.0998. The summed E-state index contributed by atoms with van der Waals surface area (Å²) in [6, 6.07) is 4.57. The second-order valence-corrected chi connectivity index (χ2v) is 3.43. The summed E-state index contributed by atoms with van der Waals surface area (Å²) in [6.07, 6.45) is 0. The van der Waals surface area contributed by atoms with Crippen molar-refractivity contribution in [1.29, 1.82) is 0 Å². The highest BCUT2D eigenvalue weighted by Gasteiger charge is 2.12. The van der Waals surface area contributed by atoms with E-state index in [0.29, 0.717) is 23.2 Å². The highest BCUT2D eigenvalue weighted by atomic mass is 16.6. The zero-order chi connectivity index (χ0) is 12.4. The molecule has 2 rings (SSSR count). The standard InChI is InChI=1S/C11H12N2O4/c1-2-16-11(15)8-3-6-4-10(17-12)9(14)5-7(6)13-8/h3-5,13-14H,2,12H2,1H3. The number of nitrogens with one attached hydrogen (secondary N) is 1. The molecule has 0 atom stereocenters. The molecule has 0 aliphatic carbocycles. The number of phenols is 1. The van der Waals surface area contributed by atoms with Crippen molar-refractivity contribution in [2.24, 2.45) is 5.90 Å². The maximum atomic E-state index is 11.5. The summed E-state index contributed by atoms with van der Waals surface area (Å²) in [4.78, 5) is 18.8. The van der Waals surface area contributed by atoms with Gasteiger partial charge in [-0.2, -0.15) is 5.90 Å². The number of esters is 1. The molecule has 1 aromatic carbocycles. The first kappa shape index (κ1) is 11.3. The van der Waals surface area contributed by atoms with Crippen molar-refractivity contribution < 1.29 is 19.5 Å². The monoisotopic (exact) mass is 236 g/mol. The quantitative estimate of drug-likeness (QED) is 0.551. The summed E-state index contributed by atoms with van der Waals surface area (Å²) >= 11 is 0. The van der Waals surface area contributed by atoms with Crippen LogP contribution in [0.25, 0.3) is 10.9 Å². The van der Waals surface area contributed by atoms with Crippen LogP contribution in [0.15, 0.2) is 18.2 Å². The van der Waals surface area contributed by atoms with Crippen LogP contribution in [0, 0.1) is 0 Å². The number of aromatic nitrogens is 1. The Morgan fingerprint density at radius 2 is 2.24 bits per heavy atom. The molecular formula is C11H12N2O4. The smallest absolute Gasteiger partial charge is 0.354 e. The third-order valence-corrected chi connectivity index (χ3v) is 2.32. The Balaban J connectivity index is 2.47. The lowest BCUT2D eigenvalue weighted by molar-refractivity contribution is 0.0520. The fourth-order valence-corrected chi connectivity index (χ4v) is 1.56. The largest absolute Gasteiger partial charge is 0.504 e. The maximum absolute atomic E-state index is 11.5. The van der Waals surface area contributed by atoms with Gasteiger partial charge >= 0.3 is 5.97 Å². The number of benzene rings is 1. The van der Waals surface area contributed by atoms with E-state index < -0.39 is 5.97 Å². The maximum Gasteiger partial charge on any atom is 0.354 e. The van der Waals surface area contributed by atoms with Gasteiger partial charge in [0.1, 0.15) is 5.69 Å². The third-order valence-electron chi connectivity index (χ3n) is 2.32. The van der Waals surface area contributed by atoms with Crippen LogP contribution in [-0.4, -0.2) is 22.7 Å². The van der Waals surface area contributed by atoms with E-state index in [1.54, 1.807) is 13.0 Å². The van der Waals surface area contributed by atoms with Crippen molar-refractivity contribution in [1.82, 2.24) is 4.98 Å². The van der Waals surface area contributed by atoms with Gasteiger partial charge in [-0.05, 0) is 19.1 Å². The van der Waals surface area contributed by atoms with Gasteiger partial charge in [0.25, 0.3) is 0 Å². The normalized spacial score (nSPS) is 10.5. The van der Waals surface area contributed by atoms with Gasteiger partial charge in [-0.25, -0.2) is 4.79 Å². The van der Waals surface area contributed by atoms with Crippen molar-refractivity contribution in [2.45, 2.75) is 6.92 Å². The molecule has 1 aromatic heterocycles. The molecule has 6 nitrogen and oxygen atoms in total. The van der Waals surface area contributed by atoms with Crippen LogP contribution in [0.1, 0.15) is 17.4 Å². The lowest BCUT2D eigenvalue weighted by atomic mass is 10.2. The molecule has 0 spiro atoms. The van der Waals surface area contributed by atoms with E-state index in [1.165, 1.54) is 12.1 Å². The zero-order valence-electron chi connectivity index (χ0n) is 9.19. The summed E-state index contributed by atoms with van der Waals surface area (Å²) in [5.74, 6) is 4.59. The molecule has 0 saturated carbocycles. The Bertz CT molecular complexity index is 562. The summed E-state index contributed by atoms with van der Waals surface area (Å²) < 4.78 is 4.86. The Morgan fingerprint density at radius 1 is 1.47 bits per heavy atom. The zero-order valence-corrected chi connectivity index (χ0v) is 9.19. The SMILES string of the molecule is CCOC(=O)c1cc2cc(ON)c(O)cc2[nH]1. The number of phenolic OH excluding ortho intramolecular Hbond substituents is 1. The first-order valence-corrected chi connectivity index (χ1v) is 5.05. The average Bonchev–Trinajstić information content (AvgIpc) is 2.71. The van der Waals surface area contributed by atoms with Crippen LogP contribution in [0.3, 0.4) is 0 Å². The lowest BCUT2D eigenvalue weighted by Crippen LogP contribution is -2.04. The first-order chi connectivity index (χ1) is 8.15. The highest BCUT2D eigenvalue weighted by molar-refractivity contribution is 5.95. The molecule has 1 heterocycles. The first-order valence-electron chi connectivity index (χ1n) is 5.05. The van der Waals surface area contributed by atoms with Gasteiger partial charge in [0.2, 0.25) is 0 Å². The van der Waals surface area contributed by atoms with E-state index in [0.717, 1.165) is 0 Å². The molecule has 90 valence electrons. The van der Waals surface area contributed by atoms with Crippen LogP contribution in [0.4, 0.5) is 0 Å². The number of carbonyl (C=O) groups is 1. The molecule has 0 amide bonds. The van der Waals surface area contributed by atoms with Gasteiger partial charge in [-0.15, -0.1) is 0 Å². The number of aromatic amines is 1. The molecule has 0 unspecified atom stereocenters. The molecule has 0 aliphatic heterocycles. The lowest BCUT2D eigenvalue weighted by Gasteiger charge is -2.00. The molecule has 0 bridgehead atoms. The number of H-pyrrole nitrogens is 1. The summed E-state index contributed by atoms with van der Waals surface area (Å²) in [5.41, 5.74) is 0.918. The molecule has 2 aromatic rings. The summed E-state index contributed by atoms with van der Waals surface area (Å²) in [7, 11) is 0. The predicted octanol–water partition coefficient (Wildman–Crippen LogP) is 1.30. The molecular weight excluding hydrogens is 224 g/mol. The number of carbonyl (C=O) groups excluding carboxylic acids is 1. The van der Waals surface area contributed by atoms with Gasteiger partial charge in [0.15, 0.2) is 11.5 Å². The van der Waals surface area contributed by atoms with Crippen molar-refractivity contribution in [2.75, 3.05) is 6.61 Å². The van der Waals surface area contributed by atoms with Crippen molar-refractivity contribution in [3.8, 4) is 11.5 Å². The summed E-state index contributed by atoms with van der Waals surface area (Å²) in [5, 5.41) is 10.2. The van der Waals surface area contributed by atoms with E-state index in [4.69, 9.17) is 10.6 Å². The number of ether oxygens (including phenoxy) is 1. The van der Waals surface area contributed by atoms with Gasteiger partial charge in [0.05, 0.1) is 12.1 Å². The van der Waals surface area contributed by atoms with Crippen LogP contribution < -0.4 is 10.7 Å². The average molecular weight is 236 g/mol. The number of nitrogens with two attached hydrogens (primary N) is 1. The third kappa shape index (κ3) is 2.02. The molecule has 0 radical (unpaired) electrons. The molecule has 0 saturated heterocycles. The second kappa shape index (κ2) is 4.34. The van der Waals surface area contributed by atoms with E-state index in [-0.39, 0.29) is 11.5 Å². The minimum atomic E-state index is -0.446. The van der Waals surface area contributed by atoms with Crippen LogP contribution in [0.5, 0.6) is 11.5 Å². The van der Waals surface area contributed by atoms with Crippen molar-refractivity contribution in [3.63, 3.8) is 0 Å². The van der Waals surface area contributed by atoms with Gasteiger partial charge < -0.3 is 19.7 Å². The Kier molecular flexibility index (Phi) is 2.88. The van der Waals surface area contributed by atoms with Crippen molar-refractivity contribution >= 4 is 16.9 Å². The van der Waals surface area contributed by atoms with Gasteiger partial charge in [-0.3, -0.25) is 0 Å². The van der Waals surface area contributed by atoms with E-state index in [2.05, 4.69) is 9.82 Å². The van der Waals surface area contributed by atoms with Crippen molar-refractivity contribution in [3.05, 3.63) is 23.9 Å². The minimum Gasteiger partial charge on any atom is -0.504 e. The Labute approximate surface area is 96.9 Å². The van der Waals surface area contributed by atoms with Gasteiger partial charge in [0, 0.05) is 11.5 Å². The van der Waals surface area contributed by atoms with E-state index >= 15 is 0 Å². The number of hydrogen-bond acceptors (Lipinski definition) is 5. The van der Waals surface area contributed by atoms with Gasteiger partial charge in [-0.1, -0.05) is 0 Å². The molecule has 6 heteroatoms. The van der Waals surface area contributed by atoms with E-state index in [1.807, 2.05) is 0 Å². The molecule has 17 heavy (non-hydrogen) atoms. The fourth-order valence-electron chi connectivity index (χ4n) is 1.56. The highest BCUT2D eigenvalue weighted by Crippen LogP contribution is 2.30. The fraction of sp³-hybridized carbons (Fsp3) is 0.182.